The Bertz CT molecular complexity index is 199. The molecule has 1 heteroatoms. The smallest absolute Gasteiger partial charge is 0.00907 e. The third-order valence-electron chi connectivity index (χ3n) is 3.90. The van der Waals surface area contributed by atoms with Crippen LogP contribution in [0.25, 0.3) is 0 Å². The van der Waals surface area contributed by atoms with Gasteiger partial charge in [0.25, 0.3) is 0 Å². The van der Waals surface area contributed by atoms with Crippen LogP contribution < -0.4 is 5.73 Å². The predicted octanol–water partition coefficient (Wildman–Crippen LogP) is 3.82. The number of hydrogen-bond donors (Lipinski definition) is 1. The standard InChI is InChI=1S/C14H29N/c1-10(2)12(15)11-7-13(3,4)9-14(5,6)8-11/h10-12H,7-9,15H2,1-6H3. The van der Waals surface area contributed by atoms with Gasteiger partial charge in [-0.05, 0) is 41.9 Å². The van der Waals surface area contributed by atoms with Crippen LogP contribution in [0, 0.1) is 22.7 Å². The molecule has 0 aromatic rings. The first kappa shape index (κ1) is 13.0. The average Bonchev–Trinajstić information content (AvgIpc) is 1.96. The lowest BCUT2D eigenvalue weighted by molar-refractivity contribution is 0.0485. The van der Waals surface area contributed by atoms with Crippen LogP contribution in [0.1, 0.15) is 60.8 Å². The third kappa shape index (κ3) is 3.48. The maximum atomic E-state index is 6.33. The lowest BCUT2D eigenvalue weighted by Gasteiger charge is -2.47. The van der Waals surface area contributed by atoms with Gasteiger partial charge in [0.1, 0.15) is 0 Å². The van der Waals surface area contributed by atoms with E-state index in [2.05, 4.69) is 41.5 Å². The van der Waals surface area contributed by atoms with Crippen molar-refractivity contribution < 1.29 is 0 Å². The SMILES string of the molecule is CC(C)C(N)C1CC(C)(C)CC(C)(C)C1. The Balaban J connectivity index is 2.75. The molecule has 90 valence electrons. The highest BCUT2D eigenvalue weighted by Crippen LogP contribution is 2.49. The second kappa shape index (κ2) is 4.08. The molecular formula is C14H29N. The van der Waals surface area contributed by atoms with Crippen LogP contribution >= 0.6 is 0 Å². The first-order valence-corrected chi connectivity index (χ1v) is 6.39. The van der Waals surface area contributed by atoms with Crippen LogP contribution in [0.3, 0.4) is 0 Å². The van der Waals surface area contributed by atoms with Crippen molar-refractivity contribution in [3.8, 4) is 0 Å². The molecule has 1 atom stereocenters. The summed E-state index contributed by atoms with van der Waals surface area (Å²) in [6, 6.07) is 0.379. The Kier molecular flexibility index (Phi) is 3.55. The van der Waals surface area contributed by atoms with Gasteiger partial charge in [-0.2, -0.15) is 0 Å². The van der Waals surface area contributed by atoms with E-state index in [0.717, 1.165) is 0 Å². The summed E-state index contributed by atoms with van der Waals surface area (Å²) >= 11 is 0. The fourth-order valence-electron chi connectivity index (χ4n) is 3.75. The number of hydrogen-bond acceptors (Lipinski definition) is 1. The molecule has 1 aliphatic carbocycles. The first-order chi connectivity index (χ1) is 6.63. The van der Waals surface area contributed by atoms with Crippen LogP contribution in [0.2, 0.25) is 0 Å². The van der Waals surface area contributed by atoms with Gasteiger partial charge in [0.2, 0.25) is 0 Å². The van der Waals surface area contributed by atoms with Crippen LogP contribution in [-0.2, 0) is 0 Å². The van der Waals surface area contributed by atoms with Gasteiger partial charge in [-0.3, -0.25) is 0 Å². The zero-order valence-corrected chi connectivity index (χ0v) is 11.4. The molecule has 2 N–H and O–H groups in total. The quantitative estimate of drug-likeness (QED) is 0.738. The van der Waals surface area contributed by atoms with Gasteiger partial charge in [0.05, 0.1) is 0 Å². The van der Waals surface area contributed by atoms with Crippen LogP contribution in [-0.4, -0.2) is 6.04 Å². The van der Waals surface area contributed by atoms with E-state index in [4.69, 9.17) is 5.73 Å². The molecule has 1 rings (SSSR count). The topological polar surface area (TPSA) is 26.0 Å². The van der Waals surface area contributed by atoms with Gasteiger partial charge in [-0.25, -0.2) is 0 Å². The monoisotopic (exact) mass is 211 g/mol. The normalized spacial score (nSPS) is 28.0. The van der Waals surface area contributed by atoms with E-state index in [0.29, 0.717) is 28.7 Å². The summed E-state index contributed by atoms with van der Waals surface area (Å²) in [5, 5.41) is 0. The molecule has 1 aliphatic rings. The number of rotatable bonds is 2. The van der Waals surface area contributed by atoms with Gasteiger partial charge < -0.3 is 5.73 Å². The van der Waals surface area contributed by atoms with E-state index < -0.39 is 0 Å². The van der Waals surface area contributed by atoms with E-state index in [1.54, 1.807) is 0 Å². The van der Waals surface area contributed by atoms with Crippen molar-refractivity contribution in [3.63, 3.8) is 0 Å². The Morgan fingerprint density at radius 1 is 1.00 bits per heavy atom. The minimum Gasteiger partial charge on any atom is -0.327 e. The Labute approximate surface area is 95.8 Å². The van der Waals surface area contributed by atoms with Gasteiger partial charge in [-0.15, -0.1) is 0 Å². The molecule has 1 fully saturated rings. The summed E-state index contributed by atoms with van der Waals surface area (Å²) in [5.74, 6) is 1.32. The third-order valence-corrected chi connectivity index (χ3v) is 3.90. The molecule has 0 aliphatic heterocycles. The van der Waals surface area contributed by atoms with E-state index in [9.17, 15) is 0 Å². The Hall–Kier alpha value is -0.0400. The van der Waals surface area contributed by atoms with Crippen molar-refractivity contribution in [2.45, 2.75) is 66.8 Å². The molecule has 1 unspecified atom stereocenters. The maximum absolute atomic E-state index is 6.33. The van der Waals surface area contributed by atoms with Gasteiger partial charge >= 0.3 is 0 Å². The highest BCUT2D eigenvalue weighted by Gasteiger charge is 2.40. The molecule has 1 saturated carbocycles. The zero-order valence-electron chi connectivity index (χ0n) is 11.4. The molecule has 1 nitrogen and oxygen atoms in total. The lowest BCUT2D eigenvalue weighted by atomic mass is 9.59. The van der Waals surface area contributed by atoms with Gasteiger partial charge in [0, 0.05) is 6.04 Å². The summed E-state index contributed by atoms with van der Waals surface area (Å²) in [6.45, 7) is 14.1. The fourth-order valence-corrected chi connectivity index (χ4v) is 3.75. The van der Waals surface area contributed by atoms with E-state index in [1.165, 1.54) is 19.3 Å². The summed E-state index contributed by atoms with van der Waals surface area (Å²) in [6.07, 6.45) is 3.94. The summed E-state index contributed by atoms with van der Waals surface area (Å²) in [4.78, 5) is 0. The molecule has 0 spiro atoms. The van der Waals surface area contributed by atoms with E-state index in [-0.39, 0.29) is 0 Å². The number of nitrogens with two attached hydrogens (primary N) is 1. The minimum absolute atomic E-state index is 0.379. The second-order valence-electron chi connectivity index (χ2n) is 7.49. The first-order valence-electron chi connectivity index (χ1n) is 6.39. The Morgan fingerprint density at radius 2 is 1.40 bits per heavy atom. The minimum atomic E-state index is 0.379. The fraction of sp³-hybridized carbons (Fsp3) is 1.00. The lowest BCUT2D eigenvalue weighted by Crippen LogP contribution is -2.44. The van der Waals surface area contributed by atoms with Crippen molar-refractivity contribution >= 4 is 0 Å². The summed E-state index contributed by atoms with van der Waals surface area (Å²) in [5.41, 5.74) is 7.28. The van der Waals surface area contributed by atoms with E-state index >= 15 is 0 Å². The van der Waals surface area contributed by atoms with Crippen molar-refractivity contribution in [2.24, 2.45) is 28.4 Å². The summed E-state index contributed by atoms with van der Waals surface area (Å²) < 4.78 is 0. The highest BCUT2D eigenvalue weighted by atomic mass is 14.7. The predicted molar refractivity (Wildman–Crippen MR) is 67.7 cm³/mol. The van der Waals surface area contributed by atoms with Crippen LogP contribution in [0.15, 0.2) is 0 Å². The van der Waals surface area contributed by atoms with Gasteiger partial charge in [-0.1, -0.05) is 41.5 Å². The van der Waals surface area contributed by atoms with Crippen LogP contribution in [0.4, 0.5) is 0 Å². The highest BCUT2D eigenvalue weighted by molar-refractivity contribution is 4.93. The molecule has 15 heavy (non-hydrogen) atoms. The molecule has 0 aromatic heterocycles. The van der Waals surface area contributed by atoms with Crippen LogP contribution in [0.5, 0.6) is 0 Å². The molecule has 0 bridgehead atoms. The zero-order chi connectivity index (χ0) is 11.9. The maximum Gasteiger partial charge on any atom is 0.00907 e. The molecule has 0 heterocycles. The van der Waals surface area contributed by atoms with Crippen molar-refractivity contribution in [3.05, 3.63) is 0 Å². The van der Waals surface area contributed by atoms with Crippen molar-refractivity contribution in [1.82, 2.24) is 0 Å². The molecular weight excluding hydrogens is 182 g/mol. The average molecular weight is 211 g/mol. The van der Waals surface area contributed by atoms with Gasteiger partial charge in [0.15, 0.2) is 0 Å². The molecule has 0 saturated heterocycles. The van der Waals surface area contributed by atoms with E-state index in [1.807, 2.05) is 0 Å². The van der Waals surface area contributed by atoms with Crippen molar-refractivity contribution in [1.29, 1.82) is 0 Å². The molecule has 0 aromatic carbocycles. The second-order valence-corrected chi connectivity index (χ2v) is 7.49. The summed E-state index contributed by atoms with van der Waals surface area (Å²) in [7, 11) is 0. The molecule has 0 radical (unpaired) electrons. The Morgan fingerprint density at radius 3 is 1.73 bits per heavy atom. The molecule has 0 amide bonds. The largest absolute Gasteiger partial charge is 0.327 e. The van der Waals surface area contributed by atoms with Crippen molar-refractivity contribution in [2.75, 3.05) is 0 Å².